The Bertz CT molecular complexity index is 277. The van der Waals surface area contributed by atoms with Crippen LogP contribution in [0.5, 0.6) is 5.75 Å². The van der Waals surface area contributed by atoms with Gasteiger partial charge in [-0.15, -0.1) is 0 Å². The first-order chi connectivity index (χ1) is 7.26. The van der Waals surface area contributed by atoms with Gasteiger partial charge in [-0.3, -0.25) is 0 Å². The molecule has 0 radical (unpaired) electrons. The molecule has 1 aromatic carbocycles. The topological polar surface area (TPSA) is 60.4 Å². The molecule has 0 atom stereocenters. The molecule has 0 heterocycles. The van der Waals surface area contributed by atoms with Crippen LogP contribution in [0, 0.1) is 0 Å². The number of carbonyl (C=O) groups excluding carboxylic acids is 1. The monoisotopic (exact) mass is 232 g/mol. The third kappa shape index (κ3) is 8.77. The summed E-state index contributed by atoms with van der Waals surface area (Å²) in [6.45, 7) is 1.69. The average Bonchev–Trinajstić information content (AvgIpc) is 2.22. The fourth-order valence-corrected chi connectivity index (χ4v) is 1.29. The van der Waals surface area contributed by atoms with Gasteiger partial charge in [-0.05, 0) is 24.5 Å². The van der Waals surface area contributed by atoms with Gasteiger partial charge in [0.2, 0.25) is 0 Å². The zero-order chi connectivity index (χ0) is 11.5. The number of phenols is 1. The van der Waals surface area contributed by atoms with Gasteiger partial charge in [0.1, 0.15) is 5.75 Å². The third-order valence-electron chi connectivity index (χ3n) is 2.04. The third-order valence-corrected chi connectivity index (χ3v) is 2.04. The van der Waals surface area contributed by atoms with Crippen LogP contribution in [0.3, 0.4) is 0 Å². The number of hydrogen-bond acceptors (Lipinski definition) is 3. The van der Waals surface area contributed by atoms with E-state index in [0.29, 0.717) is 5.75 Å². The van der Waals surface area contributed by atoms with Crippen LogP contribution in [-0.4, -0.2) is 11.6 Å². The van der Waals surface area contributed by atoms with E-state index in [1.807, 2.05) is 18.2 Å². The number of aromatic hydroxyl groups is 1. The maximum absolute atomic E-state index is 9.41. The normalized spacial score (nSPS) is 8.31. The number of para-hydroxylation sites is 1. The summed E-state index contributed by atoms with van der Waals surface area (Å²) in [6, 6.07) is 7.58. The van der Waals surface area contributed by atoms with Gasteiger partial charge in [0.05, 0.1) is 0 Å². The molecule has 16 heavy (non-hydrogen) atoms. The molecular formula is C12H17NaO3. The molecule has 0 fully saturated rings. The summed E-state index contributed by atoms with van der Waals surface area (Å²) < 4.78 is 0. The Morgan fingerprint density at radius 2 is 1.88 bits per heavy atom. The number of carboxylic acid groups (broad SMARTS) is 1. The van der Waals surface area contributed by atoms with Gasteiger partial charge in [-0.25, -0.2) is 0 Å². The first-order valence-corrected chi connectivity index (χ1v) is 5.08. The summed E-state index contributed by atoms with van der Waals surface area (Å²) in [5, 5.41) is 17.7. The number of aryl methyl sites for hydroxylation is 1. The summed E-state index contributed by atoms with van der Waals surface area (Å²) in [4.78, 5) is 8.25. The molecule has 84 valence electrons. The smallest absolute Gasteiger partial charge is 0.554 e. The second kappa shape index (κ2) is 12.6. The molecule has 0 amide bonds. The molecule has 4 heteroatoms. The summed E-state index contributed by atoms with van der Waals surface area (Å²) in [5.41, 5.74) is 1.07. The molecule has 0 aliphatic rings. The van der Waals surface area contributed by atoms with E-state index in [9.17, 15) is 5.11 Å². The molecule has 1 N–H and O–H groups in total. The number of carbonyl (C=O) groups is 1. The zero-order valence-corrected chi connectivity index (χ0v) is 12.0. The minimum atomic E-state index is -0.500. The van der Waals surface area contributed by atoms with Crippen molar-refractivity contribution in [2.24, 2.45) is 0 Å². The van der Waals surface area contributed by atoms with Crippen molar-refractivity contribution in [2.75, 3.05) is 0 Å². The van der Waals surface area contributed by atoms with Gasteiger partial charge < -0.3 is 15.0 Å². The van der Waals surface area contributed by atoms with E-state index in [0.717, 1.165) is 12.0 Å². The molecule has 0 saturated heterocycles. The van der Waals surface area contributed by atoms with Gasteiger partial charge >= 0.3 is 29.6 Å². The molecule has 0 bridgehead atoms. The second-order valence-electron chi connectivity index (χ2n) is 3.18. The average molecular weight is 232 g/mol. The standard InChI is InChI=1S/C11H16O.CH2O2.Na/c1-2-3-4-7-10-8-5-6-9-11(10)12;2-1-3;/h5-6,8-9,12H,2-4,7H2,1H3;1H,(H,2,3);/q;;+1/p-1. The van der Waals surface area contributed by atoms with E-state index >= 15 is 0 Å². The van der Waals surface area contributed by atoms with E-state index < -0.39 is 6.47 Å². The van der Waals surface area contributed by atoms with Crippen LogP contribution >= 0.6 is 0 Å². The summed E-state index contributed by atoms with van der Waals surface area (Å²) in [7, 11) is 0. The first kappa shape index (κ1) is 17.9. The molecule has 0 aliphatic carbocycles. The zero-order valence-electron chi connectivity index (χ0n) is 9.98. The van der Waals surface area contributed by atoms with Crippen LogP contribution in [0.1, 0.15) is 31.7 Å². The first-order valence-electron chi connectivity index (χ1n) is 5.08. The van der Waals surface area contributed by atoms with Crippen molar-refractivity contribution in [3.05, 3.63) is 29.8 Å². The van der Waals surface area contributed by atoms with Crippen LogP contribution in [0.15, 0.2) is 24.3 Å². The van der Waals surface area contributed by atoms with E-state index in [4.69, 9.17) is 9.90 Å². The maximum atomic E-state index is 9.41. The number of rotatable bonds is 4. The molecular weight excluding hydrogens is 215 g/mol. The van der Waals surface area contributed by atoms with E-state index in [-0.39, 0.29) is 29.6 Å². The van der Waals surface area contributed by atoms with Gasteiger partial charge in [-0.1, -0.05) is 38.0 Å². The predicted octanol–water partition coefficient (Wildman–Crippen LogP) is -1.50. The van der Waals surface area contributed by atoms with Crippen LogP contribution in [-0.2, 0) is 11.2 Å². The molecule has 0 aromatic heterocycles. The number of unbranched alkanes of at least 4 members (excludes halogenated alkanes) is 2. The Morgan fingerprint density at radius 3 is 2.38 bits per heavy atom. The largest absolute Gasteiger partial charge is 1.00 e. The van der Waals surface area contributed by atoms with Crippen LogP contribution in [0.4, 0.5) is 0 Å². The SMILES string of the molecule is CCCCCc1ccccc1O.O=C[O-].[Na+]. The van der Waals surface area contributed by atoms with Crippen molar-refractivity contribution in [1.82, 2.24) is 0 Å². The summed E-state index contributed by atoms with van der Waals surface area (Å²) in [5.74, 6) is 0.439. The van der Waals surface area contributed by atoms with E-state index in [2.05, 4.69) is 6.92 Å². The molecule has 0 aliphatic heterocycles. The Labute approximate surface area is 119 Å². The van der Waals surface area contributed by atoms with Gasteiger partial charge in [0, 0.05) is 6.47 Å². The minimum Gasteiger partial charge on any atom is -0.554 e. The number of hydrogen-bond donors (Lipinski definition) is 1. The summed E-state index contributed by atoms with van der Waals surface area (Å²) >= 11 is 0. The Hall–Kier alpha value is -0.510. The van der Waals surface area contributed by atoms with Crippen molar-refractivity contribution < 1.29 is 44.6 Å². The quantitative estimate of drug-likeness (QED) is 0.390. The molecule has 1 aromatic rings. The van der Waals surface area contributed by atoms with Crippen molar-refractivity contribution in [1.29, 1.82) is 0 Å². The molecule has 0 spiro atoms. The Kier molecular flexibility index (Phi) is 14.0. The summed E-state index contributed by atoms with van der Waals surface area (Å²) in [6.07, 6.45) is 4.65. The van der Waals surface area contributed by atoms with Crippen LogP contribution in [0.25, 0.3) is 0 Å². The van der Waals surface area contributed by atoms with Gasteiger partial charge in [0.25, 0.3) is 0 Å². The van der Waals surface area contributed by atoms with E-state index in [1.165, 1.54) is 19.3 Å². The number of phenolic OH excluding ortho intramolecular Hbond substituents is 1. The molecule has 0 unspecified atom stereocenters. The Morgan fingerprint density at radius 1 is 1.31 bits per heavy atom. The van der Waals surface area contributed by atoms with Crippen molar-refractivity contribution in [3.8, 4) is 5.75 Å². The van der Waals surface area contributed by atoms with Crippen molar-refractivity contribution in [2.45, 2.75) is 32.6 Å². The maximum Gasteiger partial charge on any atom is 1.00 e. The van der Waals surface area contributed by atoms with Crippen LogP contribution in [0.2, 0.25) is 0 Å². The number of benzene rings is 1. The Balaban J connectivity index is 0. The van der Waals surface area contributed by atoms with Crippen molar-refractivity contribution >= 4 is 6.47 Å². The van der Waals surface area contributed by atoms with Crippen LogP contribution < -0.4 is 34.7 Å². The molecule has 1 rings (SSSR count). The van der Waals surface area contributed by atoms with Gasteiger partial charge in [-0.2, -0.15) is 0 Å². The van der Waals surface area contributed by atoms with Crippen molar-refractivity contribution in [3.63, 3.8) is 0 Å². The fourth-order valence-electron chi connectivity index (χ4n) is 1.29. The molecule has 3 nitrogen and oxygen atoms in total. The van der Waals surface area contributed by atoms with E-state index in [1.54, 1.807) is 6.07 Å². The molecule has 0 saturated carbocycles. The second-order valence-corrected chi connectivity index (χ2v) is 3.18. The predicted molar refractivity (Wildman–Crippen MR) is 57.4 cm³/mol. The minimum absolute atomic E-state index is 0. The fraction of sp³-hybridized carbons (Fsp3) is 0.417. The van der Waals surface area contributed by atoms with Gasteiger partial charge in [0.15, 0.2) is 0 Å².